The lowest BCUT2D eigenvalue weighted by atomic mass is 10.1. The van der Waals surface area contributed by atoms with Crippen molar-refractivity contribution in [3.05, 3.63) is 24.5 Å². The molecule has 0 spiro atoms. The number of aromatic nitrogens is 4. The highest BCUT2D eigenvalue weighted by Crippen LogP contribution is 2.17. The van der Waals surface area contributed by atoms with Crippen molar-refractivity contribution in [1.82, 2.24) is 24.6 Å². The fraction of sp³-hybridized carbons (Fsp3) is 0.467. The summed E-state index contributed by atoms with van der Waals surface area (Å²) in [5, 5.41) is 11.8. The molecule has 0 aliphatic carbocycles. The number of piperidine rings is 1. The Morgan fingerprint density at radius 2 is 2.23 bits per heavy atom. The number of hydrogen-bond acceptors (Lipinski definition) is 5. The van der Waals surface area contributed by atoms with Gasteiger partial charge in [0.2, 0.25) is 5.91 Å². The highest BCUT2D eigenvalue weighted by molar-refractivity contribution is 5.73. The molecule has 1 aliphatic rings. The van der Waals surface area contributed by atoms with Gasteiger partial charge in [0.05, 0.1) is 0 Å². The predicted octanol–water partition coefficient (Wildman–Crippen LogP) is 1.30. The third-order valence-electron chi connectivity index (χ3n) is 3.93. The maximum absolute atomic E-state index is 11.5. The van der Waals surface area contributed by atoms with Gasteiger partial charge >= 0.3 is 0 Å². The fourth-order valence-corrected chi connectivity index (χ4v) is 2.73. The van der Waals surface area contributed by atoms with Gasteiger partial charge in [-0.15, -0.1) is 10.2 Å². The molecule has 116 valence electrons. The minimum atomic E-state index is 0.128. The van der Waals surface area contributed by atoms with Crippen LogP contribution in [-0.2, 0) is 11.8 Å². The molecule has 0 radical (unpaired) electrons. The summed E-state index contributed by atoms with van der Waals surface area (Å²) in [5.41, 5.74) is 0.743. The van der Waals surface area contributed by atoms with Crippen molar-refractivity contribution >= 4 is 11.7 Å². The van der Waals surface area contributed by atoms with Gasteiger partial charge < -0.3 is 14.8 Å². The minimum absolute atomic E-state index is 0.128. The van der Waals surface area contributed by atoms with E-state index in [9.17, 15) is 4.79 Å². The van der Waals surface area contributed by atoms with Crippen LogP contribution in [0.25, 0.3) is 11.5 Å². The number of likely N-dealkylation sites (tertiary alicyclic amines) is 1. The Hall–Kier alpha value is -2.44. The van der Waals surface area contributed by atoms with Gasteiger partial charge in [-0.25, -0.2) is 4.98 Å². The fourth-order valence-electron chi connectivity index (χ4n) is 2.73. The molecule has 3 heterocycles. The van der Waals surface area contributed by atoms with Gasteiger partial charge in [0, 0.05) is 45.5 Å². The molecule has 0 unspecified atom stereocenters. The van der Waals surface area contributed by atoms with Crippen molar-refractivity contribution in [2.75, 3.05) is 18.4 Å². The standard InChI is InChI=1S/C15H20N6O/c1-11(22)21-8-3-4-12(10-21)17-14-6-5-13(18-19-14)15-16-7-9-20(15)2/h5-7,9,12H,3-4,8,10H2,1-2H3,(H,17,19)/t12-/m1/s1. The summed E-state index contributed by atoms with van der Waals surface area (Å²) in [6.07, 6.45) is 5.66. The van der Waals surface area contributed by atoms with E-state index in [4.69, 9.17) is 0 Å². The van der Waals surface area contributed by atoms with Gasteiger partial charge in [-0.1, -0.05) is 0 Å². The Balaban J connectivity index is 1.66. The van der Waals surface area contributed by atoms with Crippen molar-refractivity contribution in [2.24, 2.45) is 7.05 Å². The van der Waals surface area contributed by atoms with Crippen molar-refractivity contribution in [1.29, 1.82) is 0 Å². The second-order valence-corrected chi connectivity index (χ2v) is 5.61. The van der Waals surface area contributed by atoms with E-state index in [-0.39, 0.29) is 11.9 Å². The average Bonchev–Trinajstić information content (AvgIpc) is 2.94. The number of hydrogen-bond donors (Lipinski definition) is 1. The van der Waals surface area contributed by atoms with Gasteiger partial charge in [-0.2, -0.15) is 0 Å². The molecule has 0 saturated carbocycles. The number of carbonyl (C=O) groups is 1. The van der Waals surface area contributed by atoms with Crippen LogP contribution in [0.2, 0.25) is 0 Å². The molecule has 3 rings (SSSR count). The monoisotopic (exact) mass is 300 g/mol. The summed E-state index contributed by atoms with van der Waals surface area (Å²) in [6, 6.07) is 4.04. The molecule has 2 aromatic rings. The molecule has 7 heteroatoms. The molecular weight excluding hydrogens is 280 g/mol. The first-order chi connectivity index (χ1) is 10.6. The predicted molar refractivity (Wildman–Crippen MR) is 83.1 cm³/mol. The Bertz CT molecular complexity index is 650. The second kappa shape index (κ2) is 6.13. The van der Waals surface area contributed by atoms with Crippen LogP contribution in [0, 0.1) is 0 Å². The Kier molecular flexibility index (Phi) is 4.04. The van der Waals surface area contributed by atoms with Crippen LogP contribution in [-0.4, -0.2) is 49.7 Å². The molecule has 22 heavy (non-hydrogen) atoms. The van der Waals surface area contributed by atoms with E-state index in [1.54, 1.807) is 13.1 Å². The highest BCUT2D eigenvalue weighted by atomic mass is 16.2. The van der Waals surface area contributed by atoms with Crippen molar-refractivity contribution in [3.8, 4) is 11.5 Å². The topological polar surface area (TPSA) is 75.9 Å². The molecule has 1 amide bonds. The van der Waals surface area contributed by atoms with E-state index in [0.717, 1.165) is 43.3 Å². The number of aryl methyl sites for hydroxylation is 1. The summed E-state index contributed by atoms with van der Waals surface area (Å²) in [5.74, 6) is 1.65. The van der Waals surface area contributed by atoms with E-state index in [0.29, 0.717) is 0 Å². The average molecular weight is 300 g/mol. The molecule has 1 atom stereocenters. The highest BCUT2D eigenvalue weighted by Gasteiger charge is 2.21. The molecule has 1 fully saturated rings. The van der Waals surface area contributed by atoms with Gasteiger partial charge in [0.1, 0.15) is 11.5 Å². The number of carbonyl (C=O) groups excluding carboxylic acids is 1. The Morgan fingerprint density at radius 3 is 2.86 bits per heavy atom. The van der Waals surface area contributed by atoms with E-state index in [2.05, 4.69) is 20.5 Å². The van der Waals surface area contributed by atoms with Gasteiger partial charge in [0.15, 0.2) is 5.82 Å². The lowest BCUT2D eigenvalue weighted by Gasteiger charge is -2.32. The SMILES string of the molecule is CC(=O)N1CCC[C@@H](Nc2ccc(-c3nccn3C)nn2)C1. The van der Waals surface area contributed by atoms with E-state index < -0.39 is 0 Å². The zero-order valence-electron chi connectivity index (χ0n) is 12.9. The van der Waals surface area contributed by atoms with Gasteiger partial charge in [-0.3, -0.25) is 4.79 Å². The zero-order valence-corrected chi connectivity index (χ0v) is 12.9. The summed E-state index contributed by atoms with van der Waals surface area (Å²) in [6.45, 7) is 3.18. The van der Waals surface area contributed by atoms with Crippen LogP contribution in [0.4, 0.5) is 5.82 Å². The molecule has 7 nitrogen and oxygen atoms in total. The zero-order chi connectivity index (χ0) is 15.5. The second-order valence-electron chi connectivity index (χ2n) is 5.61. The Labute approximate surface area is 129 Å². The largest absolute Gasteiger partial charge is 0.364 e. The lowest BCUT2D eigenvalue weighted by Crippen LogP contribution is -2.44. The smallest absolute Gasteiger partial charge is 0.219 e. The number of nitrogens with zero attached hydrogens (tertiary/aromatic N) is 5. The molecule has 1 aliphatic heterocycles. The minimum Gasteiger partial charge on any atom is -0.364 e. The number of imidazole rings is 1. The molecule has 1 saturated heterocycles. The first-order valence-electron chi connectivity index (χ1n) is 7.47. The first kappa shape index (κ1) is 14.5. The Morgan fingerprint density at radius 1 is 1.36 bits per heavy atom. The number of anilines is 1. The quantitative estimate of drug-likeness (QED) is 0.924. The normalized spacial score (nSPS) is 18.3. The van der Waals surface area contributed by atoms with Crippen LogP contribution >= 0.6 is 0 Å². The summed E-state index contributed by atoms with van der Waals surface area (Å²) < 4.78 is 1.91. The summed E-state index contributed by atoms with van der Waals surface area (Å²) in [7, 11) is 1.93. The third kappa shape index (κ3) is 3.08. The number of nitrogens with one attached hydrogen (secondary N) is 1. The van der Waals surface area contributed by atoms with Crippen LogP contribution in [0.3, 0.4) is 0 Å². The van der Waals surface area contributed by atoms with Gasteiger partial charge in [-0.05, 0) is 25.0 Å². The van der Waals surface area contributed by atoms with Crippen LogP contribution in [0.1, 0.15) is 19.8 Å². The molecular formula is C15H20N6O. The maximum Gasteiger partial charge on any atom is 0.219 e. The van der Waals surface area contributed by atoms with Crippen molar-refractivity contribution in [3.63, 3.8) is 0 Å². The third-order valence-corrected chi connectivity index (χ3v) is 3.93. The number of rotatable bonds is 3. The number of amides is 1. The van der Waals surface area contributed by atoms with Crippen LogP contribution < -0.4 is 5.32 Å². The van der Waals surface area contributed by atoms with Crippen LogP contribution in [0.5, 0.6) is 0 Å². The maximum atomic E-state index is 11.5. The first-order valence-corrected chi connectivity index (χ1v) is 7.47. The van der Waals surface area contributed by atoms with E-state index in [1.165, 1.54) is 0 Å². The van der Waals surface area contributed by atoms with Crippen molar-refractivity contribution in [2.45, 2.75) is 25.8 Å². The molecule has 0 aromatic carbocycles. The molecule has 2 aromatic heterocycles. The lowest BCUT2D eigenvalue weighted by molar-refractivity contribution is -0.129. The van der Waals surface area contributed by atoms with E-state index in [1.807, 2.05) is 34.8 Å². The molecule has 0 bridgehead atoms. The summed E-state index contributed by atoms with van der Waals surface area (Å²) >= 11 is 0. The summed E-state index contributed by atoms with van der Waals surface area (Å²) in [4.78, 5) is 17.6. The van der Waals surface area contributed by atoms with E-state index >= 15 is 0 Å². The van der Waals surface area contributed by atoms with Crippen LogP contribution in [0.15, 0.2) is 24.5 Å². The van der Waals surface area contributed by atoms with Gasteiger partial charge in [0.25, 0.3) is 0 Å². The van der Waals surface area contributed by atoms with Crippen molar-refractivity contribution < 1.29 is 4.79 Å². The molecule has 1 N–H and O–H groups in total.